The summed E-state index contributed by atoms with van der Waals surface area (Å²) < 4.78 is 6.33. The van der Waals surface area contributed by atoms with Crippen molar-refractivity contribution < 1.29 is 4.42 Å². The lowest BCUT2D eigenvalue weighted by molar-refractivity contribution is 0.269. The average molecular weight is 481 g/mol. The molecule has 3 aromatic heterocycles. The SMILES string of the molecule is S=C1N[C@@H](c2ccccn2)[C@@H](c2ccc(-c3cccc(Cl)c3Cl)o2)N1Cc1ccncc1. The summed E-state index contributed by atoms with van der Waals surface area (Å²) >= 11 is 18.4. The number of aromatic nitrogens is 2. The topological polar surface area (TPSA) is 54.2 Å². The molecule has 1 aliphatic rings. The van der Waals surface area contributed by atoms with Gasteiger partial charge in [-0.2, -0.15) is 0 Å². The number of rotatable bonds is 5. The molecule has 0 unspecified atom stereocenters. The summed E-state index contributed by atoms with van der Waals surface area (Å²) in [5.74, 6) is 1.40. The summed E-state index contributed by atoms with van der Waals surface area (Å²) in [5, 5.41) is 5.02. The zero-order valence-electron chi connectivity index (χ0n) is 16.8. The van der Waals surface area contributed by atoms with Gasteiger partial charge in [-0.15, -0.1) is 0 Å². The second kappa shape index (κ2) is 8.90. The number of pyridine rings is 2. The second-order valence-electron chi connectivity index (χ2n) is 7.41. The lowest BCUT2D eigenvalue weighted by Gasteiger charge is -2.26. The molecule has 1 saturated heterocycles. The Morgan fingerprint density at radius 2 is 1.81 bits per heavy atom. The number of hydrogen-bond donors (Lipinski definition) is 1. The number of halogens is 2. The summed E-state index contributed by atoms with van der Waals surface area (Å²) in [6.45, 7) is 0.607. The van der Waals surface area contributed by atoms with Crippen LogP contribution >= 0.6 is 35.4 Å². The molecule has 1 aliphatic heterocycles. The minimum absolute atomic E-state index is 0.167. The molecule has 160 valence electrons. The van der Waals surface area contributed by atoms with E-state index in [0.29, 0.717) is 27.5 Å². The highest BCUT2D eigenvalue weighted by Gasteiger charge is 2.41. The molecule has 0 spiro atoms. The monoisotopic (exact) mass is 480 g/mol. The molecule has 4 aromatic rings. The molecule has 0 saturated carbocycles. The smallest absolute Gasteiger partial charge is 0.170 e. The fraction of sp³-hybridized carbons (Fsp3) is 0.125. The molecular formula is C24H18Cl2N4OS. The van der Waals surface area contributed by atoms with Crippen LogP contribution in [0.25, 0.3) is 11.3 Å². The van der Waals surface area contributed by atoms with Crippen LogP contribution in [0.3, 0.4) is 0 Å². The first kappa shape index (κ1) is 20.9. The Hall–Kier alpha value is -2.93. The summed E-state index contributed by atoms with van der Waals surface area (Å²) in [7, 11) is 0. The van der Waals surface area contributed by atoms with Crippen molar-refractivity contribution in [3.05, 3.63) is 106 Å². The van der Waals surface area contributed by atoms with E-state index >= 15 is 0 Å². The van der Waals surface area contributed by atoms with Crippen molar-refractivity contribution in [2.24, 2.45) is 0 Å². The van der Waals surface area contributed by atoms with E-state index in [-0.39, 0.29) is 12.1 Å². The fourth-order valence-corrected chi connectivity index (χ4v) is 4.62. The lowest BCUT2D eigenvalue weighted by Crippen LogP contribution is -2.29. The second-order valence-corrected chi connectivity index (χ2v) is 8.59. The molecule has 1 fully saturated rings. The maximum absolute atomic E-state index is 6.43. The largest absolute Gasteiger partial charge is 0.459 e. The van der Waals surface area contributed by atoms with Gasteiger partial charge in [0, 0.05) is 30.7 Å². The lowest BCUT2D eigenvalue weighted by atomic mass is 10.0. The van der Waals surface area contributed by atoms with Crippen LogP contribution in [0.2, 0.25) is 10.0 Å². The highest BCUT2D eigenvalue weighted by Crippen LogP contribution is 2.42. The van der Waals surface area contributed by atoms with E-state index in [9.17, 15) is 0 Å². The van der Waals surface area contributed by atoms with Crippen LogP contribution in [0.15, 0.2) is 83.7 Å². The van der Waals surface area contributed by atoms with Crippen LogP contribution in [-0.4, -0.2) is 20.0 Å². The van der Waals surface area contributed by atoms with Gasteiger partial charge in [-0.3, -0.25) is 9.97 Å². The molecule has 1 N–H and O–H groups in total. The van der Waals surface area contributed by atoms with Gasteiger partial charge in [0.2, 0.25) is 0 Å². The summed E-state index contributed by atoms with van der Waals surface area (Å²) in [4.78, 5) is 10.8. The third-order valence-corrected chi connectivity index (χ3v) is 6.61. The zero-order chi connectivity index (χ0) is 22.1. The van der Waals surface area contributed by atoms with Crippen molar-refractivity contribution in [1.29, 1.82) is 0 Å². The van der Waals surface area contributed by atoms with Crippen molar-refractivity contribution in [1.82, 2.24) is 20.2 Å². The Morgan fingerprint density at radius 1 is 0.969 bits per heavy atom. The summed E-state index contributed by atoms with van der Waals surface area (Å²) in [5.41, 5.74) is 2.73. The molecule has 2 atom stereocenters. The van der Waals surface area contributed by atoms with Gasteiger partial charge in [-0.1, -0.05) is 35.3 Å². The normalized spacial score (nSPS) is 18.1. The van der Waals surface area contributed by atoms with E-state index in [1.807, 2.05) is 54.6 Å². The number of furan rings is 1. The molecule has 5 rings (SSSR count). The molecule has 0 aliphatic carbocycles. The zero-order valence-corrected chi connectivity index (χ0v) is 19.1. The van der Waals surface area contributed by atoms with Gasteiger partial charge in [-0.05, 0) is 66.3 Å². The van der Waals surface area contributed by atoms with Gasteiger partial charge in [0.05, 0.1) is 21.8 Å². The Morgan fingerprint density at radius 3 is 2.59 bits per heavy atom. The van der Waals surface area contributed by atoms with Crippen molar-refractivity contribution in [3.8, 4) is 11.3 Å². The maximum Gasteiger partial charge on any atom is 0.170 e. The first-order valence-electron chi connectivity index (χ1n) is 10.0. The number of nitrogens with zero attached hydrogens (tertiary/aromatic N) is 3. The van der Waals surface area contributed by atoms with Gasteiger partial charge in [0.15, 0.2) is 5.11 Å². The van der Waals surface area contributed by atoms with E-state index < -0.39 is 0 Å². The first-order chi connectivity index (χ1) is 15.6. The first-order valence-corrected chi connectivity index (χ1v) is 11.2. The van der Waals surface area contributed by atoms with Crippen LogP contribution in [-0.2, 0) is 6.54 Å². The minimum Gasteiger partial charge on any atom is -0.459 e. The Kier molecular flexibility index (Phi) is 5.83. The average Bonchev–Trinajstić information content (AvgIpc) is 3.42. The van der Waals surface area contributed by atoms with Crippen molar-refractivity contribution >= 4 is 40.5 Å². The van der Waals surface area contributed by atoms with Gasteiger partial charge >= 0.3 is 0 Å². The minimum atomic E-state index is -0.197. The van der Waals surface area contributed by atoms with Crippen LogP contribution in [0.5, 0.6) is 0 Å². The Balaban J connectivity index is 1.56. The van der Waals surface area contributed by atoms with E-state index in [1.54, 1.807) is 24.7 Å². The van der Waals surface area contributed by atoms with E-state index in [4.69, 9.17) is 39.8 Å². The molecular weight excluding hydrogens is 463 g/mol. The van der Waals surface area contributed by atoms with Crippen LogP contribution < -0.4 is 5.32 Å². The molecule has 32 heavy (non-hydrogen) atoms. The summed E-state index contributed by atoms with van der Waals surface area (Å²) in [6, 6.07) is 18.8. The number of hydrogen-bond acceptors (Lipinski definition) is 4. The fourth-order valence-electron chi connectivity index (χ4n) is 3.92. The van der Waals surface area contributed by atoms with E-state index in [2.05, 4.69) is 20.2 Å². The Labute approximate surface area is 201 Å². The van der Waals surface area contributed by atoms with Gasteiger partial charge in [0.25, 0.3) is 0 Å². The van der Waals surface area contributed by atoms with Gasteiger partial charge in [-0.25, -0.2) is 0 Å². The highest BCUT2D eigenvalue weighted by atomic mass is 35.5. The molecule has 8 heteroatoms. The molecule has 4 heterocycles. The molecule has 5 nitrogen and oxygen atoms in total. The van der Waals surface area contributed by atoms with Crippen molar-refractivity contribution in [2.75, 3.05) is 0 Å². The predicted molar refractivity (Wildman–Crippen MR) is 129 cm³/mol. The van der Waals surface area contributed by atoms with Crippen molar-refractivity contribution in [2.45, 2.75) is 18.6 Å². The van der Waals surface area contributed by atoms with E-state index in [0.717, 1.165) is 22.6 Å². The highest BCUT2D eigenvalue weighted by molar-refractivity contribution is 7.80. The standard InChI is InChI=1S/C24H18Cl2N4OS/c25-17-5-3-4-16(21(17)26)19-7-8-20(31-19)23-22(18-6-1-2-11-28-18)29-24(32)30(23)14-15-9-12-27-13-10-15/h1-13,22-23H,14H2,(H,29,32)/t22-,23+/m0/s1. The van der Waals surface area contributed by atoms with Gasteiger partial charge < -0.3 is 14.6 Å². The molecule has 0 radical (unpaired) electrons. The van der Waals surface area contributed by atoms with Gasteiger partial charge in [0.1, 0.15) is 17.6 Å². The quantitative estimate of drug-likeness (QED) is 0.342. The number of nitrogens with one attached hydrogen (secondary N) is 1. The van der Waals surface area contributed by atoms with Crippen LogP contribution in [0.4, 0.5) is 0 Å². The van der Waals surface area contributed by atoms with E-state index in [1.165, 1.54) is 0 Å². The summed E-state index contributed by atoms with van der Waals surface area (Å²) in [6.07, 6.45) is 5.33. The van der Waals surface area contributed by atoms with Crippen LogP contribution in [0.1, 0.15) is 29.1 Å². The number of thiocarbonyl (C=S) groups is 1. The Bertz CT molecular complexity index is 1250. The van der Waals surface area contributed by atoms with Crippen LogP contribution in [0, 0.1) is 0 Å². The maximum atomic E-state index is 6.43. The molecule has 0 amide bonds. The third-order valence-electron chi connectivity index (χ3n) is 5.44. The molecule has 1 aromatic carbocycles. The molecule has 0 bridgehead atoms. The van der Waals surface area contributed by atoms with Crippen molar-refractivity contribution in [3.63, 3.8) is 0 Å². The predicted octanol–water partition coefficient (Wildman–Crippen LogP) is 6.22. The number of benzene rings is 1. The third kappa shape index (κ3) is 3.97.